The van der Waals surface area contributed by atoms with Crippen LogP contribution in [0.15, 0.2) is 0 Å². The highest BCUT2D eigenvalue weighted by molar-refractivity contribution is 5.97. The van der Waals surface area contributed by atoms with Crippen LogP contribution in [0.1, 0.15) is 163 Å². The summed E-state index contributed by atoms with van der Waals surface area (Å²) in [7, 11) is 12.5. The van der Waals surface area contributed by atoms with Crippen molar-refractivity contribution in [3.63, 3.8) is 0 Å². The predicted octanol–water partition coefficient (Wildman–Crippen LogP) is 3.52. The fourth-order valence-corrected chi connectivity index (χ4v) is 9.53. The summed E-state index contributed by atoms with van der Waals surface area (Å²) >= 11 is 0. The van der Waals surface area contributed by atoms with Crippen LogP contribution in [0.25, 0.3) is 0 Å². The maximum atomic E-state index is 14.5. The van der Waals surface area contributed by atoms with Crippen molar-refractivity contribution in [2.75, 3.05) is 167 Å². The van der Waals surface area contributed by atoms with Gasteiger partial charge in [0.1, 0.15) is 17.3 Å². The van der Waals surface area contributed by atoms with Gasteiger partial charge in [-0.1, -0.05) is 72.6 Å². The summed E-state index contributed by atoms with van der Waals surface area (Å²) in [6.07, 6.45) is 10.4. The van der Waals surface area contributed by atoms with Gasteiger partial charge in [-0.05, 0) is 127 Å². The molecule has 5 amide bonds. The molecule has 21 nitrogen and oxygen atoms in total. The number of amides is 5. The number of nitrogens with zero attached hydrogens (tertiary/aromatic N) is 6. The van der Waals surface area contributed by atoms with Crippen molar-refractivity contribution in [3.05, 3.63) is 0 Å². The molecule has 4 atom stereocenters. The third-order valence-electron chi connectivity index (χ3n) is 15.4. The number of hydrogen-bond donors (Lipinski definition) is 7. The molecule has 0 aliphatic heterocycles. The van der Waals surface area contributed by atoms with E-state index in [-0.39, 0.29) is 56.2 Å². The lowest BCUT2D eigenvalue weighted by Gasteiger charge is -2.24. The average Bonchev–Trinajstić information content (AvgIpc) is 3.45. The smallest absolute Gasteiger partial charge is 0.224 e. The van der Waals surface area contributed by atoms with E-state index in [4.69, 9.17) is 11.5 Å². The van der Waals surface area contributed by atoms with Gasteiger partial charge in [-0.3, -0.25) is 38.4 Å². The molecule has 0 rings (SSSR count). The zero-order valence-corrected chi connectivity index (χ0v) is 54.2. The Morgan fingerprint density at radius 1 is 0.325 bits per heavy atom. The Hall–Kier alpha value is -3.96. The predicted molar refractivity (Wildman–Crippen MR) is 337 cm³/mol. The quantitative estimate of drug-likeness (QED) is 0.0430. The summed E-state index contributed by atoms with van der Waals surface area (Å²) in [6.45, 7) is 21.8. The number of carbonyl (C=O) groups excluding carboxylic acids is 8. The number of nitrogens with one attached hydrogen (secondary N) is 5. The molecule has 0 saturated heterocycles. The number of Topliss-reactive ketones (excluding diaryl/α,β-unsaturated/α-hetero) is 3. The topological polar surface area (TPSA) is 268 Å². The molecule has 9 N–H and O–H groups in total. The Morgan fingerprint density at radius 2 is 0.639 bits per heavy atom. The molecular formula is C62H123N13O8. The van der Waals surface area contributed by atoms with Crippen molar-refractivity contribution in [2.24, 2.45) is 35.1 Å². The van der Waals surface area contributed by atoms with Crippen LogP contribution < -0.4 is 38.1 Å². The van der Waals surface area contributed by atoms with Gasteiger partial charge in [0.25, 0.3) is 0 Å². The number of likely N-dealkylation sites (N-methyl/N-ethyl adjacent to an activating group) is 6. The maximum absolute atomic E-state index is 14.5. The molecular weight excluding hydrogens is 1050 g/mol. The molecule has 0 aliphatic rings. The van der Waals surface area contributed by atoms with E-state index < -0.39 is 65.8 Å². The lowest BCUT2D eigenvalue weighted by Crippen LogP contribution is -2.39. The lowest BCUT2D eigenvalue weighted by molar-refractivity contribution is -0.137. The van der Waals surface area contributed by atoms with Crippen molar-refractivity contribution in [1.29, 1.82) is 0 Å². The summed E-state index contributed by atoms with van der Waals surface area (Å²) in [4.78, 5) is 124. The van der Waals surface area contributed by atoms with Crippen LogP contribution in [-0.2, 0) is 38.4 Å². The normalized spacial score (nSPS) is 13.2. The third kappa shape index (κ3) is 44.2. The molecule has 484 valence electrons. The molecule has 0 aromatic carbocycles. The highest BCUT2D eigenvalue weighted by Gasteiger charge is 2.33. The van der Waals surface area contributed by atoms with Crippen molar-refractivity contribution >= 4 is 46.9 Å². The Kier molecular flexibility index (Phi) is 48.8. The molecule has 4 unspecified atom stereocenters. The van der Waals surface area contributed by atoms with E-state index in [2.05, 4.69) is 98.0 Å². The van der Waals surface area contributed by atoms with Crippen LogP contribution in [0.3, 0.4) is 0 Å². The summed E-state index contributed by atoms with van der Waals surface area (Å²) in [5.74, 6) is -7.23. The van der Waals surface area contributed by atoms with Gasteiger partial charge < -0.3 is 67.5 Å². The van der Waals surface area contributed by atoms with Crippen molar-refractivity contribution in [3.8, 4) is 0 Å². The van der Waals surface area contributed by atoms with Crippen molar-refractivity contribution in [2.45, 2.75) is 163 Å². The van der Waals surface area contributed by atoms with Crippen LogP contribution >= 0.6 is 0 Å². The number of nitrogens with two attached hydrogens (primary N) is 2. The fraction of sp³-hybridized carbons (Fsp3) is 0.871. The molecule has 0 aliphatic carbocycles. The largest absolute Gasteiger partial charge is 0.356 e. The molecule has 21 heteroatoms. The van der Waals surface area contributed by atoms with E-state index in [1.54, 1.807) is 6.92 Å². The number of carbonyl (C=O) groups is 8. The van der Waals surface area contributed by atoms with Crippen LogP contribution in [0, 0.1) is 23.7 Å². The van der Waals surface area contributed by atoms with E-state index in [0.29, 0.717) is 65.1 Å². The van der Waals surface area contributed by atoms with Crippen LogP contribution in [0.4, 0.5) is 0 Å². The summed E-state index contributed by atoms with van der Waals surface area (Å²) in [5, 5.41) is 14.6. The molecule has 0 aromatic rings. The summed E-state index contributed by atoms with van der Waals surface area (Å²) < 4.78 is 0. The van der Waals surface area contributed by atoms with Gasteiger partial charge in [-0.15, -0.1) is 0 Å². The van der Waals surface area contributed by atoms with Gasteiger partial charge in [-0.2, -0.15) is 0 Å². The highest BCUT2D eigenvalue weighted by atomic mass is 16.2. The van der Waals surface area contributed by atoms with E-state index in [1.807, 2.05) is 21.0 Å². The van der Waals surface area contributed by atoms with Gasteiger partial charge in [0.2, 0.25) is 29.5 Å². The monoisotopic (exact) mass is 1180 g/mol. The Bertz CT molecular complexity index is 1760. The van der Waals surface area contributed by atoms with E-state index >= 15 is 0 Å². The van der Waals surface area contributed by atoms with Gasteiger partial charge >= 0.3 is 0 Å². The van der Waals surface area contributed by atoms with Crippen LogP contribution in [-0.4, -0.2) is 243 Å². The second-order valence-electron chi connectivity index (χ2n) is 23.8. The molecule has 0 heterocycles. The number of rotatable bonds is 57. The number of unbranched alkanes of at least 4 members (excludes halogenated alkanes) is 7. The van der Waals surface area contributed by atoms with Gasteiger partial charge in [0.05, 0.1) is 11.8 Å². The first-order valence-electron chi connectivity index (χ1n) is 32.1. The third-order valence-corrected chi connectivity index (χ3v) is 15.4. The minimum atomic E-state index is -1.17. The Labute approximate surface area is 503 Å². The lowest BCUT2D eigenvalue weighted by atomic mass is 9.83. The zero-order valence-electron chi connectivity index (χ0n) is 54.2. The minimum absolute atomic E-state index is 0.123. The van der Waals surface area contributed by atoms with Gasteiger partial charge in [0, 0.05) is 142 Å². The van der Waals surface area contributed by atoms with Crippen LogP contribution in [0.2, 0.25) is 0 Å². The highest BCUT2D eigenvalue weighted by Crippen LogP contribution is 2.23. The summed E-state index contributed by atoms with van der Waals surface area (Å²) in [6, 6.07) is 0. The second-order valence-corrected chi connectivity index (χ2v) is 23.8. The standard InChI is InChI=1S/C62H123N13O8/c1-11-14-17-19-28-65-58(79)49-52(45-55(76)44-51(4)60(81)67-29-20-18-15-12-2)57(78)48-53(61(82)69-31-24-35-73(8)39-43-75(10)41-37-71(6)33-22-26-64)46-56(77)47-54(62(83)68-27-16-13-3)50-59(80)66-30-23-34-72(7)38-42-74(9)40-36-70(5)32-21-25-63/h51-54H,11-50,63-64H2,1-10H3,(H,65,79)(H,66,80)(H,67,81)(H,68,83)(H,69,82). The Balaban J connectivity index is 6.33. The fourth-order valence-electron chi connectivity index (χ4n) is 9.53. The van der Waals surface area contributed by atoms with E-state index in [0.717, 1.165) is 143 Å². The first-order chi connectivity index (χ1) is 39.7. The van der Waals surface area contributed by atoms with Crippen molar-refractivity contribution in [1.82, 2.24) is 56.0 Å². The zero-order chi connectivity index (χ0) is 62.2. The van der Waals surface area contributed by atoms with Gasteiger partial charge in [0.15, 0.2) is 0 Å². The molecule has 0 fully saturated rings. The van der Waals surface area contributed by atoms with Crippen molar-refractivity contribution < 1.29 is 38.4 Å². The maximum Gasteiger partial charge on any atom is 0.224 e. The molecule has 0 bridgehead atoms. The minimum Gasteiger partial charge on any atom is -0.356 e. The molecule has 0 radical (unpaired) electrons. The van der Waals surface area contributed by atoms with E-state index in [1.165, 1.54) is 0 Å². The summed E-state index contributed by atoms with van der Waals surface area (Å²) in [5.41, 5.74) is 11.3. The Morgan fingerprint density at radius 3 is 1.06 bits per heavy atom. The molecule has 0 spiro atoms. The molecule has 0 aromatic heterocycles. The SMILES string of the molecule is CCCCCCNC(=O)CC(CC(=O)CC(C)C(=O)NCCCCCC)C(=O)CC(CC(=O)CC(CC(=O)NCCCN(C)CCN(C)CCN(C)CCCN)C(=O)NCCCC)C(=O)NCCCN(C)CCN(C)CCN(C)CCCN. The van der Waals surface area contributed by atoms with E-state index in [9.17, 15) is 38.4 Å². The molecule has 83 heavy (non-hydrogen) atoms. The second kappa shape index (κ2) is 51.3. The first-order valence-corrected chi connectivity index (χ1v) is 32.1. The number of hydrogen-bond acceptors (Lipinski definition) is 16. The first kappa shape index (κ1) is 79.0. The number of ketones is 3. The van der Waals surface area contributed by atoms with Crippen LogP contribution in [0.5, 0.6) is 0 Å². The van der Waals surface area contributed by atoms with Gasteiger partial charge in [-0.25, -0.2) is 0 Å². The molecule has 0 saturated carbocycles. The average molecular weight is 1180 g/mol.